The average Bonchev–Trinajstić information content (AvgIpc) is 2.67. The molecule has 0 aliphatic rings. The summed E-state index contributed by atoms with van der Waals surface area (Å²) in [5.74, 6) is -0.439. The molecule has 2 aromatic carbocycles. The van der Waals surface area contributed by atoms with Crippen LogP contribution < -0.4 is 15.5 Å². The molecule has 6 nitrogen and oxygen atoms in total. The van der Waals surface area contributed by atoms with Crippen molar-refractivity contribution in [3.05, 3.63) is 58.6 Å². The van der Waals surface area contributed by atoms with E-state index in [1.165, 1.54) is 20.1 Å². The van der Waals surface area contributed by atoms with E-state index in [9.17, 15) is 22.8 Å². The number of rotatable bonds is 7. The van der Waals surface area contributed by atoms with E-state index in [1.807, 2.05) is 0 Å². The van der Waals surface area contributed by atoms with E-state index in [0.29, 0.717) is 11.3 Å². The minimum absolute atomic E-state index is 0.0258. The Morgan fingerprint density at radius 3 is 2.50 bits per heavy atom. The molecule has 2 N–H and O–H groups in total. The third-order valence-corrected chi connectivity index (χ3v) is 4.22. The number of benzene rings is 2. The van der Waals surface area contributed by atoms with Crippen LogP contribution in [-0.2, 0) is 22.2 Å². The lowest BCUT2D eigenvalue weighted by Gasteiger charge is -2.12. The van der Waals surface area contributed by atoms with E-state index in [2.05, 4.69) is 15.8 Å². The second kappa shape index (κ2) is 10.1. The molecule has 2 aromatic rings. The molecule has 10 heteroatoms. The maximum absolute atomic E-state index is 12.9. The van der Waals surface area contributed by atoms with Crippen molar-refractivity contribution >= 4 is 34.8 Å². The second-order valence-electron chi connectivity index (χ2n) is 6.29. The molecule has 0 aliphatic heterocycles. The van der Waals surface area contributed by atoms with Crippen LogP contribution in [0.25, 0.3) is 0 Å². The third kappa shape index (κ3) is 6.77. The smallest absolute Gasteiger partial charge is 0.417 e. The largest absolute Gasteiger partial charge is 0.496 e. The van der Waals surface area contributed by atoms with Gasteiger partial charge in [-0.15, -0.1) is 0 Å². The summed E-state index contributed by atoms with van der Waals surface area (Å²) >= 11 is 5.55. The molecule has 0 bridgehead atoms. The van der Waals surface area contributed by atoms with Crippen LogP contribution in [0.1, 0.15) is 24.5 Å². The molecular weight excluding hydrogens is 423 g/mol. The quantitative estimate of drug-likeness (QED) is 0.492. The minimum atomic E-state index is -4.64. The fourth-order valence-electron chi connectivity index (χ4n) is 2.52. The molecule has 0 radical (unpaired) electrons. The van der Waals surface area contributed by atoms with Gasteiger partial charge in [0.2, 0.25) is 11.8 Å². The second-order valence-corrected chi connectivity index (χ2v) is 6.70. The molecule has 0 spiro atoms. The first-order chi connectivity index (χ1) is 14.1. The van der Waals surface area contributed by atoms with Crippen LogP contribution in [-0.4, -0.2) is 24.6 Å². The number of amides is 2. The lowest BCUT2D eigenvalue weighted by atomic mass is 10.1. The van der Waals surface area contributed by atoms with Crippen molar-refractivity contribution in [2.24, 2.45) is 5.10 Å². The molecular formula is C20H19ClF3N3O3. The van der Waals surface area contributed by atoms with Crippen LogP contribution in [0.2, 0.25) is 5.02 Å². The molecule has 2 amide bonds. The standard InChI is InChI=1S/C20H19ClF3N3O3/c1-12(26-27-19(29)10-13-5-3-4-6-17(13)30-2)9-18(28)25-14-7-8-16(21)15(11-14)20(22,23)24/h3-8,11H,9-10H2,1-2H3,(H,25,28)(H,27,29)/b26-12+. The van der Waals surface area contributed by atoms with Crippen LogP contribution in [0, 0.1) is 0 Å². The number of nitrogens with zero attached hydrogens (tertiary/aromatic N) is 1. The van der Waals surface area contributed by atoms with Crippen molar-refractivity contribution in [1.29, 1.82) is 0 Å². The van der Waals surface area contributed by atoms with E-state index in [0.717, 1.165) is 12.1 Å². The third-order valence-electron chi connectivity index (χ3n) is 3.89. The SMILES string of the molecule is COc1ccccc1CC(=O)N/N=C(\C)CC(=O)Nc1ccc(Cl)c(C(F)(F)F)c1. The van der Waals surface area contributed by atoms with Crippen LogP contribution >= 0.6 is 11.6 Å². The summed E-state index contributed by atoms with van der Waals surface area (Å²) in [6.07, 6.45) is -4.84. The Hall–Kier alpha value is -3.07. The number of hydrazone groups is 1. The van der Waals surface area contributed by atoms with E-state index < -0.39 is 28.6 Å². The zero-order chi connectivity index (χ0) is 22.3. The summed E-state index contributed by atoms with van der Waals surface area (Å²) in [5, 5.41) is 5.73. The zero-order valence-corrected chi connectivity index (χ0v) is 16.9. The molecule has 0 atom stereocenters. The Labute approximate surface area is 176 Å². The van der Waals surface area contributed by atoms with E-state index in [-0.39, 0.29) is 24.2 Å². The molecule has 2 rings (SSSR count). The Balaban J connectivity index is 1.92. The van der Waals surface area contributed by atoms with Crippen molar-refractivity contribution in [3.63, 3.8) is 0 Å². The highest BCUT2D eigenvalue weighted by molar-refractivity contribution is 6.31. The van der Waals surface area contributed by atoms with Gasteiger partial charge in [0.1, 0.15) is 5.75 Å². The predicted octanol–water partition coefficient (Wildman–Crippen LogP) is 4.43. The first-order valence-electron chi connectivity index (χ1n) is 8.70. The van der Waals surface area contributed by atoms with Crippen molar-refractivity contribution in [2.75, 3.05) is 12.4 Å². The van der Waals surface area contributed by atoms with Gasteiger partial charge in [-0.3, -0.25) is 9.59 Å². The summed E-state index contributed by atoms with van der Waals surface area (Å²) in [7, 11) is 1.50. The van der Waals surface area contributed by atoms with Gasteiger partial charge in [-0.25, -0.2) is 5.43 Å². The maximum Gasteiger partial charge on any atom is 0.417 e. The van der Waals surface area contributed by atoms with Crippen molar-refractivity contribution < 1.29 is 27.5 Å². The average molecular weight is 442 g/mol. The van der Waals surface area contributed by atoms with Gasteiger partial charge in [0, 0.05) is 17.0 Å². The number of hydrogen-bond donors (Lipinski definition) is 2. The molecule has 0 aromatic heterocycles. The lowest BCUT2D eigenvalue weighted by molar-refractivity contribution is -0.137. The van der Waals surface area contributed by atoms with Crippen LogP contribution in [0.5, 0.6) is 5.75 Å². The van der Waals surface area contributed by atoms with E-state index in [4.69, 9.17) is 16.3 Å². The molecule has 160 valence electrons. The van der Waals surface area contributed by atoms with E-state index in [1.54, 1.807) is 24.3 Å². The Morgan fingerprint density at radius 2 is 1.83 bits per heavy atom. The number of carbonyl (C=O) groups is 2. The Bertz CT molecular complexity index is 962. The number of para-hydroxylation sites is 1. The highest BCUT2D eigenvalue weighted by atomic mass is 35.5. The van der Waals surface area contributed by atoms with Crippen LogP contribution in [0.15, 0.2) is 47.6 Å². The van der Waals surface area contributed by atoms with E-state index >= 15 is 0 Å². The van der Waals surface area contributed by atoms with Crippen LogP contribution in [0.4, 0.5) is 18.9 Å². The predicted molar refractivity (Wildman–Crippen MR) is 108 cm³/mol. The van der Waals surface area contributed by atoms with Crippen molar-refractivity contribution in [2.45, 2.75) is 25.9 Å². The lowest BCUT2D eigenvalue weighted by Crippen LogP contribution is -2.23. The van der Waals surface area contributed by atoms with Gasteiger partial charge in [-0.2, -0.15) is 18.3 Å². The highest BCUT2D eigenvalue weighted by Crippen LogP contribution is 2.36. The van der Waals surface area contributed by atoms with Gasteiger partial charge < -0.3 is 10.1 Å². The first-order valence-corrected chi connectivity index (χ1v) is 9.08. The maximum atomic E-state index is 12.9. The first kappa shape index (κ1) is 23.2. The number of halogens is 4. The number of anilines is 1. The molecule has 0 unspecified atom stereocenters. The molecule has 30 heavy (non-hydrogen) atoms. The molecule has 0 saturated carbocycles. The molecule has 0 heterocycles. The molecule has 0 aliphatic carbocycles. The summed E-state index contributed by atoms with van der Waals surface area (Å²) in [6, 6.07) is 10.1. The minimum Gasteiger partial charge on any atom is -0.496 e. The van der Waals surface area contributed by atoms with Gasteiger partial charge in [0.05, 0.1) is 30.5 Å². The molecule has 0 saturated heterocycles. The molecule has 0 fully saturated rings. The fraction of sp³-hybridized carbons (Fsp3) is 0.250. The van der Waals surface area contributed by atoms with Gasteiger partial charge in [-0.1, -0.05) is 29.8 Å². The topological polar surface area (TPSA) is 79.8 Å². The van der Waals surface area contributed by atoms with Crippen molar-refractivity contribution in [1.82, 2.24) is 5.43 Å². The summed E-state index contributed by atoms with van der Waals surface area (Å²) < 4.78 is 43.8. The summed E-state index contributed by atoms with van der Waals surface area (Å²) in [4.78, 5) is 24.1. The number of methoxy groups -OCH3 is 1. The Morgan fingerprint density at radius 1 is 1.13 bits per heavy atom. The summed E-state index contributed by atoms with van der Waals surface area (Å²) in [6.45, 7) is 1.51. The Kier molecular flexibility index (Phi) is 7.82. The van der Waals surface area contributed by atoms with Crippen LogP contribution in [0.3, 0.4) is 0 Å². The van der Waals surface area contributed by atoms with Gasteiger partial charge in [0.25, 0.3) is 0 Å². The normalized spacial score (nSPS) is 11.7. The van der Waals surface area contributed by atoms with Crippen molar-refractivity contribution in [3.8, 4) is 5.75 Å². The van der Waals surface area contributed by atoms with Gasteiger partial charge in [-0.05, 0) is 31.2 Å². The number of alkyl halides is 3. The number of ether oxygens (including phenoxy) is 1. The monoisotopic (exact) mass is 441 g/mol. The zero-order valence-electron chi connectivity index (χ0n) is 16.1. The van der Waals surface area contributed by atoms with Gasteiger partial charge in [0.15, 0.2) is 0 Å². The number of nitrogens with one attached hydrogen (secondary N) is 2. The number of carbonyl (C=O) groups excluding carboxylic acids is 2. The highest BCUT2D eigenvalue weighted by Gasteiger charge is 2.33. The fourth-order valence-corrected chi connectivity index (χ4v) is 2.74. The van der Waals surface area contributed by atoms with Gasteiger partial charge >= 0.3 is 6.18 Å². The summed E-state index contributed by atoms with van der Waals surface area (Å²) in [5.41, 5.74) is 2.18. The number of hydrogen-bond acceptors (Lipinski definition) is 4.